The van der Waals surface area contributed by atoms with Crippen LogP contribution in [0.4, 0.5) is 18.9 Å². The highest BCUT2D eigenvalue weighted by Gasteiger charge is 2.30. The molecule has 30 heavy (non-hydrogen) atoms. The van der Waals surface area contributed by atoms with Gasteiger partial charge in [0, 0.05) is 38.1 Å². The van der Waals surface area contributed by atoms with E-state index < -0.39 is 11.7 Å². The molecule has 0 N–H and O–H groups in total. The SMILES string of the molecule is CN(CCN(C)c1ccc(C(F)(F)F)cc1)/N=C\C(=C\C=O)COc1cccnc1. The molecule has 0 saturated heterocycles. The van der Waals surface area contributed by atoms with Gasteiger partial charge in [-0.05, 0) is 42.5 Å². The Kier molecular flexibility index (Phi) is 8.40. The zero-order valence-electron chi connectivity index (χ0n) is 16.7. The fourth-order valence-corrected chi connectivity index (χ4v) is 2.37. The predicted octanol–water partition coefficient (Wildman–Crippen LogP) is 3.66. The van der Waals surface area contributed by atoms with E-state index in [0.29, 0.717) is 36.4 Å². The molecule has 0 aliphatic rings. The molecule has 2 rings (SSSR count). The smallest absolute Gasteiger partial charge is 0.416 e. The van der Waals surface area contributed by atoms with Crippen molar-refractivity contribution in [2.45, 2.75) is 6.18 Å². The number of carbonyl (C=O) groups excluding carboxylic acids is 1. The molecule has 160 valence electrons. The van der Waals surface area contributed by atoms with Gasteiger partial charge in [-0.2, -0.15) is 18.3 Å². The Bertz CT molecular complexity index is 853. The third kappa shape index (κ3) is 7.57. The van der Waals surface area contributed by atoms with Gasteiger partial charge in [-0.3, -0.25) is 14.8 Å². The van der Waals surface area contributed by atoms with Crippen molar-refractivity contribution in [1.82, 2.24) is 9.99 Å². The fourth-order valence-electron chi connectivity index (χ4n) is 2.37. The van der Waals surface area contributed by atoms with E-state index in [9.17, 15) is 18.0 Å². The van der Waals surface area contributed by atoms with Crippen molar-refractivity contribution in [1.29, 1.82) is 0 Å². The molecule has 0 amide bonds. The maximum absolute atomic E-state index is 12.7. The Morgan fingerprint density at radius 2 is 1.90 bits per heavy atom. The van der Waals surface area contributed by atoms with Crippen LogP contribution in [-0.4, -0.2) is 56.3 Å². The lowest BCUT2D eigenvalue weighted by Crippen LogP contribution is -2.28. The third-order valence-corrected chi connectivity index (χ3v) is 4.14. The predicted molar refractivity (Wildman–Crippen MR) is 110 cm³/mol. The van der Waals surface area contributed by atoms with Gasteiger partial charge in [-0.25, -0.2) is 0 Å². The summed E-state index contributed by atoms with van der Waals surface area (Å²) in [6.45, 7) is 1.22. The number of halogens is 3. The van der Waals surface area contributed by atoms with Gasteiger partial charge in [0.25, 0.3) is 0 Å². The zero-order chi connectivity index (χ0) is 22.0. The first-order chi connectivity index (χ1) is 14.3. The average molecular weight is 420 g/mol. The summed E-state index contributed by atoms with van der Waals surface area (Å²) in [5.74, 6) is 0.578. The number of pyridine rings is 1. The lowest BCUT2D eigenvalue weighted by molar-refractivity contribution is -0.137. The molecule has 1 aromatic heterocycles. The second-order valence-corrected chi connectivity index (χ2v) is 6.45. The first kappa shape index (κ1) is 22.9. The topological polar surface area (TPSA) is 58.0 Å². The Morgan fingerprint density at radius 1 is 1.17 bits per heavy atom. The van der Waals surface area contributed by atoms with Gasteiger partial charge in [0.15, 0.2) is 0 Å². The van der Waals surface area contributed by atoms with Gasteiger partial charge in [0.1, 0.15) is 18.6 Å². The molecule has 0 fully saturated rings. The molecule has 0 radical (unpaired) electrons. The largest absolute Gasteiger partial charge is 0.487 e. The monoisotopic (exact) mass is 420 g/mol. The Labute approximate surface area is 173 Å². The highest BCUT2D eigenvalue weighted by Crippen LogP contribution is 2.30. The van der Waals surface area contributed by atoms with Crippen LogP contribution in [0.2, 0.25) is 0 Å². The summed E-state index contributed by atoms with van der Waals surface area (Å²) in [6.07, 6.45) is 2.41. The summed E-state index contributed by atoms with van der Waals surface area (Å²) in [5, 5.41) is 5.95. The summed E-state index contributed by atoms with van der Waals surface area (Å²) >= 11 is 0. The first-order valence-corrected chi connectivity index (χ1v) is 9.10. The third-order valence-electron chi connectivity index (χ3n) is 4.14. The van der Waals surface area contributed by atoms with E-state index >= 15 is 0 Å². The maximum atomic E-state index is 12.7. The van der Waals surface area contributed by atoms with Crippen molar-refractivity contribution in [2.24, 2.45) is 5.10 Å². The minimum Gasteiger partial charge on any atom is -0.487 e. The number of carbonyl (C=O) groups is 1. The van der Waals surface area contributed by atoms with Crippen LogP contribution in [0.15, 0.2) is 65.5 Å². The normalized spacial score (nSPS) is 12.1. The van der Waals surface area contributed by atoms with Gasteiger partial charge >= 0.3 is 6.18 Å². The van der Waals surface area contributed by atoms with E-state index in [4.69, 9.17) is 4.74 Å². The average Bonchev–Trinajstić information content (AvgIpc) is 2.74. The molecule has 0 aliphatic heterocycles. The number of aromatic nitrogens is 1. The Hall–Kier alpha value is -3.36. The van der Waals surface area contributed by atoms with Crippen LogP contribution in [0.25, 0.3) is 0 Å². The molecule has 1 aromatic carbocycles. The molecular formula is C21H23F3N4O2. The summed E-state index contributed by atoms with van der Waals surface area (Å²) in [6, 6.07) is 8.50. The van der Waals surface area contributed by atoms with E-state index in [1.807, 2.05) is 4.90 Å². The number of nitrogens with zero attached hydrogens (tertiary/aromatic N) is 4. The van der Waals surface area contributed by atoms with Crippen molar-refractivity contribution in [3.05, 3.63) is 66.0 Å². The van der Waals surface area contributed by atoms with Crippen molar-refractivity contribution < 1.29 is 22.7 Å². The van der Waals surface area contributed by atoms with Gasteiger partial charge in [-0.1, -0.05) is 0 Å². The maximum Gasteiger partial charge on any atom is 0.416 e. The van der Waals surface area contributed by atoms with Crippen molar-refractivity contribution >= 4 is 18.2 Å². The van der Waals surface area contributed by atoms with Crippen LogP contribution in [0.3, 0.4) is 0 Å². The lowest BCUT2D eigenvalue weighted by Gasteiger charge is -2.22. The highest BCUT2D eigenvalue weighted by atomic mass is 19.4. The van der Waals surface area contributed by atoms with E-state index in [-0.39, 0.29) is 6.61 Å². The first-order valence-electron chi connectivity index (χ1n) is 9.10. The van der Waals surface area contributed by atoms with E-state index in [1.54, 1.807) is 43.6 Å². The summed E-state index contributed by atoms with van der Waals surface area (Å²) in [4.78, 5) is 16.6. The van der Waals surface area contributed by atoms with E-state index in [0.717, 1.165) is 12.1 Å². The van der Waals surface area contributed by atoms with Crippen LogP contribution in [-0.2, 0) is 11.0 Å². The van der Waals surface area contributed by atoms with Crippen LogP contribution >= 0.6 is 0 Å². The molecule has 1 heterocycles. The van der Waals surface area contributed by atoms with Crippen LogP contribution in [0, 0.1) is 0 Å². The minimum atomic E-state index is -4.35. The van der Waals surface area contributed by atoms with Gasteiger partial charge < -0.3 is 9.64 Å². The number of benzene rings is 1. The Balaban J connectivity index is 1.85. The lowest BCUT2D eigenvalue weighted by atomic mass is 10.2. The van der Waals surface area contributed by atoms with Crippen molar-refractivity contribution in [3.63, 3.8) is 0 Å². The van der Waals surface area contributed by atoms with Gasteiger partial charge in [0.05, 0.1) is 24.5 Å². The number of ether oxygens (including phenoxy) is 1. The number of hydrazone groups is 1. The second kappa shape index (κ2) is 11.0. The summed E-state index contributed by atoms with van der Waals surface area (Å²) < 4.78 is 43.5. The van der Waals surface area contributed by atoms with Crippen LogP contribution in [0.1, 0.15) is 5.56 Å². The summed E-state index contributed by atoms with van der Waals surface area (Å²) in [5.41, 5.74) is 0.577. The van der Waals surface area contributed by atoms with Gasteiger partial charge in [-0.15, -0.1) is 0 Å². The standard InChI is InChI=1S/C21H23F3N4O2/c1-27(19-7-5-18(6-8-19)21(22,23)24)11-12-28(2)26-14-17(9-13-29)16-30-20-4-3-10-25-15-20/h3-10,13-15H,11-12,16H2,1-2H3/b17-9-,26-14-. The van der Waals surface area contributed by atoms with Crippen LogP contribution < -0.4 is 9.64 Å². The highest BCUT2D eigenvalue weighted by molar-refractivity contribution is 5.85. The van der Waals surface area contributed by atoms with Crippen molar-refractivity contribution in [2.75, 3.05) is 38.7 Å². The number of likely N-dealkylation sites (N-methyl/N-ethyl adjacent to an activating group) is 2. The molecule has 0 unspecified atom stereocenters. The van der Waals surface area contributed by atoms with Crippen LogP contribution in [0.5, 0.6) is 5.75 Å². The quantitative estimate of drug-likeness (QED) is 0.254. The number of hydrogen-bond acceptors (Lipinski definition) is 6. The molecule has 2 aromatic rings. The molecule has 0 saturated carbocycles. The van der Waals surface area contributed by atoms with E-state index in [1.165, 1.54) is 24.4 Å². The zero-order valence-corrected chi connectivity index (χ0v) is 16.7. The summed E-state index contributed by atoms with van der Waals surface area (Å²) in [7, 11) is 3.55. The number of rotatable bonds is 10. The van der Waals surface area contributed by atoms with E-state index in [2.05, 4.69) is 10.1 Å². The second-order valence-electron chi connectivity index (χ2n) is 6.45. The molecule has 6 nitrogen and oxygen atoms in total. The molecular weight excluding hydrogens is 397 g/mol. The fraction of sp³-hybridized carbons (Fsp3) is 0.286. The molecule has 9 heteroatoms. The molecule has 0 bridgehead atoms. The number of anilines is 1. The minimum absolute atomic E-state index is 0.160. The number of hydrogen-bond donors (Lipinski definition) is 0. The molecule has 0 spiro atoms. The number of alkyl halides is 3. The Morgan fingerprint density at radius 3 is 2.50 bits per heavy atom. The number of allylic oxidation sites excluding steroid dienone is 1. The van der Waals surface area contributed by atoms with Crippen molar-refractivity contribution in [3.8, 4) is 5.75 Å². The van der Waals surface area contributed by atoms with Gasteiger partial charge in [0.2, 0.25) is 0 Å². The molecule has 0 aliphatic carbocycles. The molecule has 0 atom stereocenters. The number of aldehydes is 1.